The summed E-state index contributed by atoms with van der Waals surface area (Å²) < 4.78 is 5.16. The molecule has 4 heteroatoms. The van der Waals surface area contributed by atoms with Crippen molar-refractivity contribution in [2.45, 2.75) is 64.5 Å². The van der Waals surface area contributed by atoms with E-state index in [9.17, 15) is 0 Å². The third-order valence-corrected chi connectivity index (χ3v) is 4.82. The first kappa shape index (κ1) is 16.6. The van der Waals surface area contributed by atoms with Gasteiger partial charge in [0.1, 0.15) is 0 Å². The third kappa shape index (κ3) is 4.33. The number of anilines is 1. The summed E-state index contributed by atoms with van der Waals surface area (Å²) >= 11 is 6.49. The number of hydrogen-bond acceptors (Lipinski definition) is 3. The van der Waals surface area contributed by atoms with Crippen molar-refractivity contribution in [1.82, 2.24) is 4.98 Å². The van der Waals surface area contributed by atoms with Gasteiger partial charge in [0.25, 0.3) is 0 Å². The molecule has 0 aromatic carbocycles. The minimum Gasteiger partial charge on any atom is -0.378 e. The number of hydrogen-bond donors (Lipinski definition) is 1. The van der Waals surface area contributed by atoms with Gasteiger partial charge in [-0.2, -0.15) is 0 Å². The van der Waals surface area contributed by atoms with Gasteiger partial charge in [0, 0.05) is 18.8 Å². The highest BCUT2D eigenvalue weighted by atomic mass is 35.5. The van der Waals surface area contributed by atoms with Gasteiger partial charge in [-0.1, -0.05) is 38.3 Å². The summed E-state index contributed by atoms with van der Waals surface area (Å²) in [5.41, 5.74) is 2.02. The van der Waals surface area contributed by atoms with Crippen LogP contribution in [0.4, 0.5) is 5.69 Å². The van der Waals surface area contributed by atoms with Crippen molar-refractivity contribution < 1.29 is 4.74 Å². The Kier molecular flexibility index (Phi) is 5.88. The van der Waals surface area contributed by atoms with Crippen molar-refractivity contribution in [3.8, 4) is 0 Å². The van der Waals surface area contributed by atoms with Crippen LogP contribution < -0.4 is 5.32 Å². The van der Waals surface area contributed by atoms with Gasteiger partial charge in [-0.3, -0.25) is 4.98 Å². The summed E-state index contributed by atoms with van der Waals surface area (Å²) in [6, 6.07) is 1.98. The van der Waals surface area contributed by atoms with E-state index >= 15 is 0 Å². The number of halogens is 1. The van der Waals surface area contributed by atoms with Crippen LogP contribution in [0.2, 0.25) is 5.02 Å². The predicted octanol–water partition coefficient (Wildman–Crippen LogP) is 5.04. The topological polar surface area (TPSA) is 34.1 Å². The lowest BCUT2D eigenvalue weighted by atomic mass is 9.88. The SMILES string of the molecule is COCc1nccc(NC2(CCC(C)C)CCCC2)c1Cl. The second kappa shape index (κ2) is 7.46. The Balaban J connectivity index is 2.15. The molecule has 1 N–H and O–H groups in total. The molecule has 1 aliphatic rings. The minimum atomic E-state index is 0.208. The van der Waals surface area contributed by atoms with E-state index < -0.39 is 0 Å². The maximum absolute atomic E-state index is 6.49. The quantitative estimate of drug-likeness (QED) is 0.766. The Morgan fingerprint density at radius 1 is 1.38 bits per heavy atom. The molecule has 118 valence electrons. The Morgan fingerprint density at radius 2 is 2.10 bits per heavy atom. The van der Waals surface area contributed by atoms with Crippen molar-refractivity contribution in [1.29, 1.82) is 0 Å². The van der Waals surface area contributed by atoms with Gasteiger partial charge in [-0.15, -0.1) is 0 Å². The van der Waals surface area contributed by atoms with Crippen LogP contribution in [0.5, 0.6) is 0 Å². The largest absolute Gasteiger partial charge is 0.378 e. The molecule has 3 nitrogen and oxygen atoms in total. The fourth-order valence-corrected chi connectivity index (χ4v) is 3.37. The van der Waals surface area contributed by atoms with Gasteiger partial charge in [0.2, 0.25) is 0 Å². The van der Waals surface area contributed by atoms with Crippen LogP contribution in [0.25, 0.3) is 0 Å². The predicted molar refractivity (Wildman–Crippen MR) is 88.9 cm³/mol. The minimum absolute atomic E-state index is 0.208. The molecule has 2 rings (SSSR count). The molecule has 1 aliphatic carbocycles. The normalized spacial score (nSPS) is 17.4. The maximum atomic E-state index is 6.49. The van der Waals surface area contributed by atoms with Crippen molar-refractivity contribution >= 4 is 17.3 Å². The van der Waals surface area contributed by atoms with Crippen LogP contribution in [0.3, 0.4) is 0 Å². The molecule has 0 aliphatic heterocycles. The lowest BCUT2D eigenvalue weighted by molar-refractivity contribution is 0.181. The Bertz CT molecular complexity index is 456. The molecule has 1 aromatic heterocycles. The van der Waals surface area contributed by atoms with Gasteiger partial charge in [-0.25, -0.2) is 0 Å². The van der Waals surface area contributed by atoms with Gasteiger partial charge < -0.3 is 10.1 Å². The molecule has 0 unspecified atom stereocenters. The molecule has 0 radical (unpaired) electrons. The molecule has 21 heavy (non-hydrogen) atoms. The first-order valence-corrected chi connectivity index (χ1v) is 8.34. The molecule has 0 atom stereocenters. The number of nitrogens with zero attached hydrogens (tertiary/aromatic N) is 1. The zero-order valence-corrected chi connectivity index (χ0v) is 14.2. The fraction of sp³-hybridized carbons (Fsp3) is 0.706. The number of ether oxygens (including phenoxy) is 1. The molecule has 0 spiro atoms. The lowest BCUT2D eigenvalue weighted by Crippen LogP contribution is -2.35. The molecular weight excluding hydrogens is 284 g/mol. The Morgan fingerprint density at radius 3 is 2.71 bits per heavy atom. The monoisotopic (exact) mass is 310 g/mol. The summed E-state index contributed by atoms with van der Waals surface area (Å²) in [4.78, 5) is 4.30. The molecule has 0 saturated heterocycles. The Labute approximate surface area is 133 Å². The standard InChI is InChI=1S/C17H27ClN2O/c1-13(2)6-10-17(8-4-5-9-17)20-14-7-11-19-15(12-21-3)16(14)18/h7,11,13H,4-6,8-10,12H2,1-3H3,(H,19,20). The van der Waals surface area contributed by atoms with Gasteiger partial charge in [-0.05, 0) is 37.7 Å². The molecule has 0 amide bonds. The average Bonchev–Trinajstić information content (AvgIpc) is 2.90. The van der Waals surface area contributed by atoms with Crippen molar-refractivity contribution in [3.05, 3.63) is 23.0 Å². The summed E-state index contributed by atoms with van der Waals surface area (Å²) in [5.74, 6) is 0.737. The highest BCUT2D eigenvalue weighted by molar-refractivity contribution is 6.33. The van der Waals surface area contributed by atoms with E-state index in [0.717, 1.165) is 17.3 Å². The number of rotatable bonds is 7. The summed E-state index contributed by atoms with van der Waals surface area (Å²) in [6.07, 6.45) is 9.35. The number of aromatic nitrogens is 1. The molecule has 1 aromatic rings. The van der Waals surface area contributed by atoms with Crippen LogP contribution in [-0.2, 0) is 11.3 Å². The van der Waals surface area contributed by atoms with Crippen molar-refractivity contribution in [2.24, 2.45) is 5.92 Å². The van der Waals surface area contributed by atoms with E-state index in [0.29, 0.717) is 11.6 Å². The zero-order chi connectivity index (χ0) is 15.3. The fourth-order valence-electron chi connectivity index (χ4n) is 3.16. The van der Waals surface area contributed by atoms with E-state index in [2.05, 4.69) is 24.1 Å². The van der Waals surface area contributed by atoms with Crippen LogP contribution in [0.1, 0.15) is 58.1 Å². The summed E-state index contributed by atoms with van der Waals surface area (Å²) in [7, 11) is 1.67. The van der Waals surface area contributed by atoms with Gasteiger partial charge in [0.15, 0.2) is 0 Å². The van der Waals surface area contributed by atoms with Crippen LogP contribution in [-0.4, -0.2) is 17.6 Å². The molecule has 1 heterocycles. The van der Waals surface area contributed by atoms with Crippen LogP contribution in [0.15, 0.2) is 12.3 Å². The molecule has 1 fully saturated rings. The maximum Gasteiger partial charge on any atom is 0.0900 e. The number of methoxy groups -OCH3 is 1. The third-order valence-electron chi connectivity index (χ3n) is 4.40. The van der Waals surface area contributed by atoms with E-state index in [1.165, 1.54) is 38.5 Å². The zero-order valence-electron chi connectivity index (χ0n) is 13.4. The van der Waals surface area contributed by atoms with E-state index in [1.807, 2.05) is 12.3 Å². The smallest absolute Gasteiger partial charge is 0.0900 e. The van der Waals surface area contributed by atoms with E-state index in [-0.39, 0.29) is 5.54 Å². The highest BCUT2D eigenvalue weighted by Crippen LogP contribution is 2.39. The van der Waals surface area contributed by atoms with Crippen LogP contribution in [0, 0.1) is 5.92 Å². The lowest BCUT2D eigenvalue weighted by Gasteiger charge is -2.33. The van der Waals surface area contributed by atoms with Crippen molar-refractivity contribution in [2.75, 3.05) is 12.4 Å². The number of nitrogens with one attached hydrogen (secondary N) is 1. The number of pyridine rings is 1. The second-order valence-electron chi connectivity index (χ2n) is 6.60. The molecule has 1 saturated carbocycles. The van der Waals surface area contributed by atoms with Crippen LogP contribution >= 0.6 is 11.6 Å². The van der Waals surface area contributed by atoms with E-state index in [1.54, 1.807) is 7.11 Å². The highest BCUT2D eigenvalue weighted by Gasteiger charge is 2.34. The average molecular weight is 311 g/mol. The van der Waals surface area contributed by atoms with E-state index in [4.69, 9.17) is 16.3 Å². The summed E-state index contributed by atoms with van der Waals surface area (Å²) in [6.45, 7) is 5.03. The van der Waals surface area contributed by atoms with Gasteiger partial charge >= 0.3 is 0 Å². The van der Waals surface area contributed by atoms with Crippen molar-refractivity contribution in [3.63, 3.8) is 0 Å². The first-order chi connectivity index (χ1) is 10.1. The molecular formula is C17H27ClN2O. The Hall–Kier alpha value is -0.800. The summed E-state index contributed by atoms with van der Waals surface area (Å²) in [5, 5.41) is 4.45. The first-order valence-electron chi connectivity index (χ1n) is 7.97. The second-order valence-corrected chi connectivity index (χ2v) is 6.98. The van der Waals surface area contributed by atoms with Gasteiger partial charge in [0.05, 0.1) is 23.0 Å². The molecule has 0 bridgehead atoms.